The molecule has 0 aliphatic heterocycles. The number of rotatable bonds is 7. The molecule has 2 N–H and O–H groups in total. The fraction of sp³-hybridized carbons (Fsp3) is 0.500. The minimum Gasteiger partial charge on any atom is -0.294 e. The topological polar surface area (TPSA) is 143 Å². The van der Waals surface area contributed by atoms with Crippen molar-refractivity contribution in [2.75, 3.05) is 11.5 Å². The molecule has 4 aliphatic rings. The first-order valence-corrected chi connectivity index (χ1v) is 19.0. The molecular weight excluding hydrogens is 625 g/mol. The zero-order valence-electron chi connectivity index (χ0n) is 27.1. The molecule has 0 radical (unpaired) electrons. The third-order valence-corrected chi connectivity index (χ3v) is 13.9. The molecule has 4 aliphatic carbocycles. The van der Waals surface area contributed by atoms with E-state index in [-0.39, 0.29) is 35.2 Å². The summed E-state index contributed by atoms with van der Waals surface area (Å²) in [5.41, 5.74) is 1.32. The summed E-state index contributed by atoms with van der Waals surface area (Å²) in [5.74, 6) is -1.52. The second-order valence-corrected chi connectivity index (χ2v) is 18.4. The van der Waals surface area contributed by atoms with Crippen LogP contribution in [0.25, 0.3) is 23.3 Å². The SMILES string of the molecule is CC1CC2(CS(=O)(=O)O)C(=O)/C(=C\c3ccc(-c4ccc(/C=C5/C(=O)C6(CS(=O)(=O)O)CC(C)C5C6(C)C)cc4)cc3)C1C2(C)C. The van der Waals surface area contributed by atoms with Crippen molar-refractivity contribution in [2.45, 2.75) is 54.4 Å². The molecule has 6 rings (SSSR count). The molecule has 0 saturated heterocycles. The van der Waals surface area contributed by atoms with E-state index in [1.54, 1.807) is 0 Å². The Balaban J connectivity index is 1.25. The highest BCUT2D eigenvalue weighted by molar-refractivity contribution is 7.86. The van der Waals surface area contributed by atoms with E-state index in [4.69, 9.17) is 0 Å². The van der Waals surface area contributed by atoms with E-state index >= 15 is 0 Å². The fourth-order valence-corrected chi connectivity index (χ4v) is 12.8. The quantitative estimate of drug-likeness (QED) is 0.255. The lowest BCUT2D eigenvalue weighted by molar-refractivity contribution is -0.126. The molecule has 4 bridgehead atoms. The summed E-state index contributed by atoms with van der Waals surface area (Å²) in [5, 5.41) is 0. The van der Waals surface area contributed by atoms with Crippen LogP contribution >= 0.6 is 0 Å². The van der Waals surface area contributed by atoms with E-state index in [1.165, 1.54) is 0 Å². The first-order valence-electron chi connectivity index (χ1n) is 15.8. The van der Waals surface area contributed by atoms with Crippen LogP contribution in [0.4, 0.5) is 0 Å². The molecule has 2 aromatic carbocycles. The molecule has 246 valence electrons. The summed E-state index contributed by atoms with van der Waals surface area (Å²) < 4.78 is 67.1. The van der Waals surface area contributed by atoms with E-state index in [9.17, 15) is 35.5 Å². The zero-order chi connectivity index (χ0) is 33.8. The summed E-state index contributed by atoms with van der Waals surface area (Å²) in [7, 11) is -8.69. The Kier molecular flexibility index (Phi) is 7.38. The summed E-state index contributed by atoms with van der Waals surface area (Å²) in [6.07, 6.45) is 4.59. The normalized spacial score (nSPS) is 34.7. The minimum absolute atomic E-state index is 0.102. The minimum atomic E-state index is -4.34. The van der Waals surface area contributed by atoms with Gasteiger partial charge in [-0.05, 0) is 81.7 Å². The van der Waals surface area contributed by atoms with E-state index in [0.29, 0.717) is 24.0 Å². The van der Waals surface area contributed by atoms with E-state index < -0.39 is 53.4 Å². The largest absolute Gasteiger partial charge is 0.294 e. The van der Waals surface area contributed by atoms with Gasteiger partial charge in [0.15, 0.2) is 11.6 Å². The van der Waals surface area contributed by atoms with Gasteiger partial charge >= 0.3 is 0 Å². The van der Waals surface area contributed by atoms with Gasteiger partial charge in [-0.25, -0.2) is 0 Å². The van der Waals surface area contributed by atoms with E-state index in [1.807, 2.05) is 102 Å². The maximum atomic E-state index is 13.7. The average Bonchev–Trinajstić information content (AvgIpc) is 3.36. The van der Waals surface area contributed by atoms with Crippen molar-refractivity contribution in [2.24, 2.45) is 45.3 Å². The highest BCUT2D eigenvalue weighted by Gasteiger charge is 2.71. The summed E-state index contributed by atoms with van der Waals surface area (Å²) in [6, 6.07) is 15.6. The van der Waals surface area contributed by atoms with Gasteiger partial charge in [-0.1, -0.05) is 90.1 Å². The molecule has 46 heavy (non-hydrogen) atoms. The van der Waals surface area contributed by atoms with Crippen molar-refractivity contribution in [3.8, 4) is 11.1 Å². The van der Waals surface area contributed by atoms with Crippen LogP contribution in [0.1, 0.15) is 65.5 Å². The number of Topliss-reactive ketones (excluding diaryl/α,β-unsaturated/α-hetero) is 2. The molecule has 2 aromatic rings. The van der Waals surface area contributed by atoms with Gasteiger partial charge < -0.3 is 0 Å². The number of ketones is 2. The Labute approximate surface area is 271 Å². The van der Waals surface area contributed by atoms with Gasteiger partial charge in [-0.15, -0.1) is 0 Å². The fourth-order valence-electron chi connectivity index (χ4n) is 10.3. The molecule has 4 saturated carbocycles. The Morgan fingerprint density at radius 3 is 1.22 bits per heavy atom. The molecule has 6 atom stereocenters. The molecule has 0 heterocycles. The van der Waals surface area contributed by atoms with Gasteiger partial charge in [0.05, 0.1) is 22.3 Å². The number of carbonyl (C=O) groups excluding carboxylic acids is 2. The van der Waals surface area contributed by atoms with Crippen molar-refractivity contribution in [3.63, 3.8) is 0 Å². The Bertz CT molecular complexity index is 1780. The van der Waals surface area contributed by atoms with Gasteiger partial charge in [0, 0.05) is 11.1 Å². The summed E-state index contributed by atoms with van der Waals surface area (Å²) in [4.78, 5) is 27.3. The highest BCUT2D eigenvalue weighted by Crippen LogP contribution is 2.69. The van der Waals surface area contributed by atoms with Crippen LogP contribution in [-0.4, -0.2) is 49.0 Å². The van der Waals surface area contributed by atoms with Crippen LogP contribution in [0, 0.1) is 45.3 Å². The lowest BCUT2D eigenvalue weighted by atomic mass is 9.70. The standard InChI is InChI=1S/C36H42O8S2/c1-21-17-35(19-45(39,40)41)31(37)27(29(21)33(35,3)4)15-23-7-11-25(12-8-23)26-13-9-24(10-14-26)16-28-30-22(2)18-36(32(28)38,34(30,5)6)20-46(42,43)44/h7-16,21-22,29-30H,17-20H2,1-6H3,(H,39,40,41)(H,42,43,44)/b27-15-,28-16+. The maximum Gasteiger partial charge on any atom is 0.265 e. The van der Waals surface area contributed by atoms with Gasteiger partial charge in [-0.2, -0.15) is 16.8 Å². The third kappa shape index (κ3) is 4.81. The molecule has 6 unspecified atom stereocenters. The third-order valence-electron chi connectivity index (χ3n) is 12.2. The Morgan fingerprint density at radius 2 is 0.935 bits per heavy atom. The lowest BCUT2D eigenvalue weighted by Gasteiger charge is -2.34. The van der Waals surface area contributed by atoms with Crippen LogP contribution in [0.5, 0.6) is 0 Å². The predicted octanol–water partition coefficient (Wildman–Crippen LogP) is 6.40. The number of hydrogen-bond donors (Lipinski definition) is 2. The van der Waals surface area contributed by atoms with Gasteiger partial charge in [0.25, 0.3) is 20.2 Å². The molecule has 0 amide bonds. The number of hydrogen-bond acceptors (Lipinski definition) is 6. The van der Waals surface area contributed by atoms with Crippen LogP contribution in [0.3, 0.4) is 0 Å². The maximum absolute atomic E-state index is 13.7. The summed E-state index contributed by atoms with van der Waals surface area (Å²) >= 11 is 0. The average molecular weight is 667 g/mol. The van der Waals surface area contributed by atoms with E-state index in [2.05, 4.69) is 0 Å². The first-order chi connectivity index (χ1) is 21.1. The van der Waals surface area contributed by atoms with Crippen molar-refractivity contribution in [1.82, 2.24) is 0 Å². The molecule has 8 nitrogen and oxygen atoms in total. The van der Waals surface area contributed by atoms with E-state index in [0.717, 1.165) is 22.3 Å². The van der Waals surface area contributed by atoms with Gasteiger partial charge in [-0.3, -0.25) is 18.7 Å². The number of fused-ring (bicyclic) bond motifs is 4. The molecule has 0 aromatic heterocycles. The lowest BCUT2D eigenvalue weighted by Crippen LogP contribution is -2.42. The molecule has 4 fully saturated rings. The van der Waals surface area contributed by atoms with Crippen LogP contribution < -0.4 is 0 Å². The summed E-state index contributed by atoms with van der Waals surface area (Å²) in [6.45, 7) is 11.8. The predicted molar refractivity (Wildman–Crippen MR) is 178 cm³/mol. The monoisotopic (exact) mass is 666 g/mol. The molecular formula is C36H42O8S2. The Morgan fingerprint density at radius 1 is 0.630 bits per heavy atom. The number of benzene rings is 2. The van der Waals surface area contributed by atoms with Gasteiger partial charge in [0.1, 0.15) is 0 Å². The smallest absolute Gasteiger partial charge is 0.265 e. The number of allylic oxidation sites excluding steroid dienone is 2. The van der Waals surface area contributed by atoms with Gasteiger partial charge in [0.2, 0.25) is 0 Å². The van der Waals surface area contributed by atoms with Crippen molar-refractivity contribution >= 4 is 44.0 Å². The molecule has 10 heteroatoms. The zero-order valence-corrected chi connectivity index (χ0v) is 28.7. The highest BCUT2D eigenvalue weighted by atomic mass is 32.2. The number of carbonyl (C=O) groups is 2. The van der Waals surface area contributed by atoms with Crippen LogP contribution in [0.2, 0.25) is 0 Å². The Hall–Kier alpha value is -2.92. The van der Waals surface area contributed by atoms with Crippen molar-refractivity contribution in [3.05, 3.63) is 70.8 Å². The van der Waals surface area contributed by atoms with Crippen LogP contribution in [-0.2, 0) is 29.8 Å². The van der Waals surface area contributed by atoms with Crippen LogP contribution in [0.15, 0.2) is 59.7 Å². The molecule has 0 spiro atoms. The van der Waals surface area contributed by atoms with Crippen molar-refractivity contribution in [1.29, 1.82) is 0 Å². The van der Waals surface area contributed by atoms with Crippen molar-refractivity contribution < 1.29 is 35.5 Å². The second-order valence-electron chi connectivity index (χ2n) is 15.5. The first kappa shape index (κ1) is 33.0. The second kappa shape index (κ2) is 10.3.